The van der Waals surface area contributed by atoms with Crippen molar-refractivity contribution < 1.29 is 0 Å². The van der Waals surface area contributed by atoms with Crippen molar-refractivity contribution in [3.05, 3.63) is 35.9 Å². The van der Waals surface area contributed by atoms with Crippen molar-refractivity contribution in [1.29, 1.82) is 0 Å². The van der Waals surface area contributed by atoms with Crippen molar-refractivity contribution in [3.63, 3.8) is 0 Å². The van der Waals surface area contributed by atoms with Gasteiger partial charge in [0.1, 0.15) is 0 Å². The Labute approximate surface area is 96.8 Å². The molecule has 1 saturated carbocycles. The van der Waals surface area contributed by atoms with E-state index in [-0.39, 0.29) is 6.04 Å². The lowest BCUT2D eigenvalue weighted by atomic mass is 10.1. The van der Waals surface area contributed by atoms with Crippen molar-refractivity contribution in [2.24, 2.45) is 10.7 Å². The smallest absolute Gasteiger partial charge is 0.189 e. The molecule has 1 aliphatic rings. The van der Waals surface area contributed by atoms with Crippen LogP contribution in [0.2, 0.25) is 0 Å². The zero-order valence-corrected chi connectivity index (χ0v) is 9.69. The maximum atomic E-state index is 5.87. The molecule has 3 heteroatoms. The number of guanidine groups is 1. The highest BCUT2D eigenvalue weighted by Crippen LogP contribution is 2.23. The summed E-state index contributed by atoms with van der Waals surface area (Å²) in [5.74, 6) is 0.582. The summed E-state index contributed by atoms with van der Waals surface area (Å²) >= 11 is 0. The molecule has 16 heavy (non-hydrogen) atoms. The lowest BCUT2D eigenvalue weighted by Crippen LogP contribution is -2.35. The minimum absolute atomic E-state index is 0.267. The third-order valence-electron chi connectivity index (χ3n) is 2.80. The molecule has 0 amide bonds. The summed E-state index contributed by atoms with van der Waals surface area (Å²) in [4.78, 5) is 4.39. The molecule has 1 aromatic carbocycles. The normalized spacial score (nSPS) is 18.2. The Hall–Kier alpha value is -1.51. The van der Waals surface area contributed by atoms with Gasteiger partial charge in [-0.3, -0.25) is 4.99 Å². The molecule has 1 aliphatic carbocycles. The Kier molecular flexibility index (Phi) is 3.44. The van der Waals surface area contributed by atoms with Gasteiger partial charge in [-0.05, 0) is 24.8 Å². The van der Waals surface area contributed by atoms with Gasteiger partial charge in [0.15, 0.2) is 5.96 Å². The van der Waals surface area contributed by atoms with Crippen LogP contribution in [0.25, 0.3) is 0 Å². The van der Waals surface area contributed by atoms with Crippen molar-refractivity contribution in [2.45, 2.75) is 38.3 Å². The Morgan fingerprint density at radius 2 is 2.12 bits per heavy atom. The molecule has 0 saturated heterocycles. The van der Waals surface area contributed by atoms with Gasteiger partial charge in [0.25, 0.3) is 0 Å². The lowest BCUT2D eigenvalue weighted by Gasteiger charge is -2.17. The number of nitrogens with one attached hydrogen (secondary N) is 1. The summed E-state index contributed by atoms with van der Waals surface area (Å²) in [6.07, 6.45) is 3.37. The molecule has 1 atom stereocenters. The van der Waals surface area contributed by atoms with Crippen molar-refractivity contribution in [2.75, 3.05) is 0 Å². The van der Waals surface area contributed by atoms with Crippen LogP contribution in [0.1, 0.15) is 37.8 Å². The van der Waals surface area contributed by atoms with E-state index in [1.165, 1.54) is 18.4 Å². The molecule has 0 aliphatic heterocycles. The zero-order chi connectivity index (χ0) is 11.4. The molecule has 3 N–H and O–H groups in total. The summed E-state index contributed by atoms with van der Waals surface area (Å²) < 4.78 is 0. The number of hydrogen-bond acceptors (Lipinski definition) is 1. The van der Waals surface area contributed by atoms with Crippen LogP contribution in [-0.4, -0.2) is 12.0 Å². The van der Waals surface area contributed by atoms with Gasteiger partial charge in [0.2, 0.25) is 0 Å². The van der Waals surface area contributed by atoms with Gasteiger partial charge >= 0.3 is 0 Å². The second-order valence-corrected chi connectivity index (χ2v) is 4.26. The van der Waals surface area contributed by atoms with Gasteiger partial charge in [-0.2, -0.15) is 0 Å². The molecule has 1 aromatic rings. The highest BCUT2D eigenvalue weighted by Gasteiger charge is 2.21. The SMILES string of the molecule is CCC(NC(N)=NC1CC1)c1ccccc1. The molecular formula is C13H19N3. The van der Waals surface area contributed by atoms with Crippen LogP contribution in [0.3, 0.4) is 0 Å². The first-order valence-electron chi connectivity index (χ1n) is 5.94. The number of benzene rings is 1. The molecule has 0 spiro atoms. The molecule has 0 heterocycles. The van der Waals surface area contributed by atoms with Crippen molar-refractivity contribution in [1.82, 2.24) is 5.32 Å². The third-order valence-corrected chi connectivity index (χ3v) is 2.80. The molecule has 1 fully saturated rings. The van der Waals surface area contributed by atoms with Crippen LogP contribution in [0.5, 0.6) is 0 Å². The fourth-order valence-corrected chi connectivity index (χ4v) is 1.72. The first kappa shape index (κ1) is 11.0. The minimum Gasteiger partial charge on any atom is -0.370 e. The first-order valence-corrected chi connectivity index (χ1v) is 5.94. The molecule has 0 radical (unpaired) electrons. The van der Waals surface area contributed by atoms with E-state index in [4.69, 9.17) is 5.73 Å². The van der Waals surface area contributed by atoms with E-state index in [2.05, 4.69) is 29.4 Å². The van der Waals surface area contributed by atoms with Crippen molar-refractivity contribution in [3.8, 4) is 0 Å². The van der Waals surface area contributed by atoms with Crippen molar-refractivity contribution >= 4 is 5.96 Å². The highest BCUT2D eigenvalue weighted by atomic mass is 15.1. The molecule has 86 valence electrons. The van der Waals surface area contributed by atoms with Crippen LogP contribution < -0.4 is 11.1 Å². The number of nitrogens with two attached hydrogens (primary N) is 1. The third kappa shape index (κ3) is 2.99. The average molecular weight is 217 g/mol. The Morgan fingerprint density at radius 1 is 1.44 bits per heavy atom. The largest absolute Gasteiger partial charge is 0.370 e. The van der Waals surface area contributed by atoms with Gasteiger partial charge < -0.3 is 11.1 Å². The second kappa shape index (κ2) is 5.01. The van der Waals surface area contributed by atoms with Gasteiger partial charge in [-0.1, -0.05) is 37.3 Å². The predicted molar refractivity (Wildman–Crippen MR) is 67.3 cm³/mol. The topological polar surface area (TPSA) is 50.4 Å². The Bertz CT molecular complexity index is 355. The average Bonchev–Trinajstić information content (AvgIpc) is 3.11. The highest BCUT2D eigenvalue weighted by molar-refractivity contribution is 5.78. The maximum absolute atomic E-state index is 5.87. The van der Waals surface area contributed by atoms with Crippen LogP contribution in [-0.2, 0) is 0 Å². The summed E-state index contributed by atoms with van der Waals surface area (Å²) in [7, 11) is 0. The summed E-state index contributed by atoms with van der Waals surface area (Å²) in [6, 6.07) is 11.1. The Balaban J connectivity index is 2.00. The molecule has 0 bridgehead atoms. The molecule has 1 unspecified atom stereocenters. The number of hydrogen-bond donors (Lipinski definition) is 2. The minimum atomic E-state index is 0.267. The van der Waals surface area contributed by atoms with Gasteiger partial charge in [-0.15, -0.1) is 0 Å². The molecule has 2 rings (SSSR count). The van der Waals surface area contributed by atoms with E-state index in [1.807, 2.05) is 18.2 Å². The van der Waals surface area contributed by atoms with Gasteiger partial charge in [-0.25, -0.2) is 0 Å². The van der Waals surface area contributed by atoms with Crippen LogP contribution >= 0.6 is 0 Å². The fraction of sp³-hybridized carbons (Fsp3) is 0.462. The monoisotopic (exact) mass is 217 g/mol. The number of nitrogens with zero attached hydrogens (tertiary/aromatic N) is 1. The summed E-state index contributed by atoms with van der Waals surface area (Å²) in [6.45, 7) is 2.15. The van der Waals surface area contributed by atoms with Crippen LogP contribution in [0, 0.1) is 0 Å². The van der Waals surface area contributed by atoms with E-state index in [9.17, 15) is 0 Å². The van der Waals surface area contributed by atoms with E-state index in [0.717, 1.165) is 6.42 Å². The molecule has 0 aromatic heterocycles. The predicted octanol–water partition coefficient (Wildman–Crippen LogP) is 2.20. The molecular weight excluding hydrogens is 198 g/mol. The molecule has 3 nitrogen and oxygen atoms in total. The van der Waals surface area contributed by atoms with Crippen LogP contribution in [0.4, 0.5) is 0 Å². The summed E-state index contributed by atoms with van der Waals surface area (Å²) in [5, 5.41) is 3.28. The lowest BCUT2D eigenvalue weighted by molar-refractivity contribution is 0.620. The van der Waals surface area contributed by atoms with E-state index in [0.29, 0.717) is 12.0 Å². The maximum Gasteiger partial charge on any atom is 0.189 e. The van der Waals surface area contributed by atoms with E-state index >= 15 is 0 Å². The number of aliphatic imine (C=N–C) groups is 1. The zero-order valence-electron chi connectivity index (χ0n) is 9.69. The fourth-order valence-electron chi connectivity index (χ4n) is 1.72. The van der Waals surface area contributed by atoms with Crippen LogP contribution in [0.15, 0.2) is 35.3 Å². The van der Waals surface area contributed by atoms with E-state index < -0.39 is 0 Å². The van der Waals surface area contributed by atoms with Gasteiger partial charge in [0, 0.05) is 0 Å². The quantitative estimate of drug-likeness (QED) is 0.600. The first-order chi connectivity index (χ1) is 7.79. The standard InChI is InChI=1S/C13H19N3/c1-2-12(10-6-4-3-5-7-10)16-13(14)15-11-8-9-11/h3-7,11-12H,2,8-9H2,1H3,(H3,14,15,16). The van der Waals surface area contributed by atoms with Gasteiger partial charge in [0.05, 0.1) is 12.1 Å². The number of rotatable bonds is 4. The second-order valence-electron chi connectivity index (χ2n) is 4.26. The summed E-state index contributed by atoms with van der Waals surface area (Å²) in [5.41, 5.74) is 7.13. The van der Waals surface area contributed by atoms with E-state index in [1.54, 1.807) is 0 Å². The Morgan fingerprint density at radius 3 is 2.69 bits per heavy atom.